The van der Waals surface area contributed by atoms with Gasteiger partial charge in [-0.3, -0.25) is 14.7 Å². The SMILES string of the molecule is COc1ccccc1N(C(C)=O)c1nc(COC(=O)c2ccccc2Oc2cccnc2)cs1. The summed E-state index contributed by atoms with van der Waals surface area (Å²) in [6.07, 6.45) is 3.19. The Bertz CT molecular complexity index is 1290. The number of carbonyl (C=O) groups excluding carboxylic acids is 2. The maximum Gasteiger partial charge on any atom is 0.342 e. The highest BCUT2D eigenvalue weighted by atomic mass is 32.1. The van der Waals surface area contributed by atoms with Gasteiger partial charge in [0.05, 0.1) is 24.7 Å². The van der Waals surface area contributed by atoms with Crippen molar-refractivity contribution in [2.45, 2.75) is 13.5 Å². The van der Waals surface area contributed by atoms with Gasteiger partial charge in [-0.05, 0) is 36.4 Å². The van der Waals surface area contributed by atoms with Crippen LogP contribution in [0.2, 0.25) is 0 Å². The third kappa shape index (κ3) is 5.21. The topological polar surface area (TPSA) is 90.8 Å². The highest BCUT2D eigenvalue weighted by Gasteiger charge is 2.22. The van der Waals surface area contributed by atoms with Gasteiger partial charge in [0, 0.05) is 18.5 Å². The molecule has 0 radical (unpaired) electrons. The number of hydrogen-bond acceptors (Lipinski definition) is 8. The molecule has 8 nitrogen and oxygen atoms in total. The maximum absolute atomic E-state index is 12.8. The minimum absolute atomic E-state index is 0.0613. The van der Waals surface area contributed by atoms with Crippen LogP contribution in [0.4, 0.5) is 10.8 Å². The van der Waals surface area contributed by atoms with Gasteiger partial charge >= 0.3 is 5.97 Å². The highest BCUT2D eigenvalue weighted by Crippen LogP contribution is 2.35. The molecule has 2 aromatic heterocycles. The Balaban J connectivity index is 1.48. The first-order chi connectivity index (χ1) is 16.6. The number of esters is 1. The average molecular weight is 476 g/mol. The van der Waals surface area contributed by atoms with Crippen LogP contribution >= 0.6 is 11.3 Å². The van der Waals surface area contributed by atoms with Crippen LogP contribution in [0.5, 0.6) is 17.2 Å². The van der Waals surface area contributed by atoms with Gasteiger partial charge in [0.2, 0.25) is 5.91 Å². The molecule has 1 amide bonds. The molecule has 34 heavy (non-hydrogen) atoms. The summed E-state index contributed by atoms with van der Waals surface area (Å²) in [4.78, 5) is 35.1. The molecule has 0 unspecified atom stereocenters. The molecule has 172 valence electrons. The van der Waals surface area contributed by atoms with Crippen LogP contribution in [0.3, 0.4) is 0 Å². The zero-order valence-corrected chi connectivity index (χ0v) is 19.3. The van der Waals surface area contributed by atoms with Crippen molar-refractivity contribution in [2.24, 2.45) is 0 Å². The summed E-state index contributed by atoms with van der Waals surface area (Å²) in [5, 5.41) is 2.19. The summed E-state index contributed by atoms with van der Waals surface area (Å²) >= 11 is 1.27. The minimum atomic E-state index is -0.554. The lowest BCUT2D eigenvalue weighted by molar-refractivity contribution is -0.115. The molecular weight excluding hydrogens is 454 g/mol. The fourth-order valence-corrected chi connectivity index (χ4v) is 4.03. The van der Waals surface area contributed by atoms with Gasteiger partial charge < -0.3 is 14.2 Å². The van der Waals surface area contributed by atoms with Crippen molar-refractivity contribution in [3.63, 3.8) is 0 Å². The van der Waals surface area contributed by atoms with E-state index >= 15 is 0 Å². The summed E-state index contributed by atoms with van der Waals surface area (Å²) in [5.74, 6) is 0.642. The Morgan fingerprint density at radius 1 is 1.00 bits per heavy atom. The normalized spacial score (nSPS) is 10.4. The molecular formula is C25H21N3O5S. The van der Waals surface area contributed by atoms with Crippen molar-refractivity contribution in [2.75, 3.05) is 12.0 Å². The lowest BCUT2D eigenvalue weighted by Gasteiger charge is -2.20. The average Bonchev–Trinajstić information content (AvgIpc) is 3.32. The van der Waals surface area contributed by atoms with Gasteiger partial charge in [0.15, 0.2) is 5.13 Å². The van der Waals surface area contributed by atoms with E-state index in [4.69, 9.17) is 14.2 Å². The van der Waals surface area contributed by atoms with Crippen molar-refractivity contribution >= 4 is 34.0 Å². The van der Waals surface area contributed by atoms with E-state index in [1.165, 1.54) is 23.2 Å². The molecule has 0 fully saturated rings. The minimum Gasteiger partial charge on any atom is -0.495 e. The van der Waals surface area contributed by atoms with Gasteiger partial charge in [-0.1, -0.05) is 24.3 Å². The number of pyridine rings is 1. The number of anilines is 2. The van der Waals surface area contributed by atoms with E-state index in [1.54, 1.807) is 73.4 Å². The van der Waals surface area contributed by atoms with Gasteiger partial charge in [-0.25, -0.2) is 9.78 Å². The lowest BCUT2D eigenvalue weighted by Crippen LogP contribution is -2.23. The predicted octanol–water partition coefficient (Wildman–Crippen LogP) is 5.38. The van der Waals surface area contributed by atoms with Crippen molar-refractivity contribution in [1.82, 2.24) is 9.97 Å². The number of carbonyl (C=O) groups is 2. The van der Waals surface area contributed by atoms with E-state index in [0.29, 0.717) is 33.8 Å². The molecule has 2 aromatic carbocycles. The van der Waals surface area contributed by atoms with Crippen molar-refractivity contribution in [3.8, 4) is 17.2 Å². The molecule has 0 spiro atoms. The molecule has 4 aromatic rings. The number of rotatable bonds is 8. The number of nitrogens with zero attached hydrogens (tertiary/aromatic N) is 3. The summed E-state index contributed by atoms with van der Waals surface area (Å²) in [7, 11) is 1.54. The maximum atomic E-state index is 12.8. The van der Waals surface area contributed by atoms with Crippen LogP contribution in [0, 0.1) is 0 Å². The number of hydrogen-bond donors (Lipinski definition) is 0. The first kappa shape index (κ1) is 22.9. The molecule has 0 aliphatic heterocycles. The van der Waals surface area contributed by atoms with Gasteiger partial charge in [-0.2, -0.15) is 0 Å². The van der Waals surface area contributed by atoms with E-state index in [0.717, 1.165) is 0 Å². The highest BCUT2D eigenvalue weighted by molar-refractivity contribution is 7.14. The fraction of sp³-hybridized carbons (Fsp3) is 0.120. The van der Waals surface area contributed by atoms with E-state index in [-0.39, 0.29) is 18.1 Å². The second-order valence-electron chi connectivity index (χ2n) is 7.01. The first-order valence-electron chi connectivity index (χ1n) is 10.3. The third-order valence-electron chi connectivity index (χ3n) is 4.69. The largest absolute Gasteiger partial charge is 0.495 e. The molecule has 2 heterocycles. The quantitative estimate of drug-likeness (QED) is 0.316. The Morgan fingerprint density at radius 2 is 1.76 bits per heavy atom. The number of thiazole rings is 1. The second kappa shape index (κ2) is 10.6. The zero-order chi connectivity index (χ0) is 23.9. The van der Waals surface area contributed by atoms with E-state index in [9.17, 15) is 9.59 Å². The number of para-hydroxylation sites is 3. The molecule has 0 bridgehead atoms. The van der Waals surface area contributed by atoms with E-state index in [1.807, 2.05) is 12.1 Å². The molecule has 0 aliphatic carbocycles. The van der Waals surface area contributed by atoms with Gasteiger partial charge in [0.25, 0.3) is 0 Å². The molecule has 0 saturated carbocycles. The van der Waals surface area contributed by atoms with Crippen molar-refractivity contribution < 1.29 is 23.8 Å². The lowest BCUT2D eigenvalue weighted by atomic mass is 10.2. The summed E-state index contributed by atoms with van der Waals surface area (Å²) in [6.45, 7) is 1.39. The first-order valence-corrected chi connectivity index (χ1v) is 11.2. The van der Waals surface area contributed by atoms with Crippen LogP contribution in [-0.2, 0) is 16.1 Å². The summed E-state index contributed by atoms with van der Waals surface area (Å²) in [5.41, 5.74) is 1.37. The third-order valence-corrected chi connectivity index (χ3v) is 5.57. The molecule has 0 aliphatic rings. The monoisotopic (exact) mass is 475 g/mol. The number of aromatic nitrogens is 2. The van der Waals surface area contributed by atoms with Crippen LogP contribution in [0.25, 0.3) is 0 Å². The van der Waals surface area contributed by atoms with Crippen LogP contribution < -0.4 is 14.4 Å². The van der Waals surface area contributed by atoms with Crippen LogP contribution in [0.1, 0.15) is 23.0 Å². The Kier molecular flexibility index (Phi) is 7.14. The smallest absolute Gasteiger partial charge is 0.342 e. The van der Waals surface area contributed by atoms with E-state index in [2.05, 4.69) is 9.97 Å². The number of ether oxygens (including phenoxy) is 3. The summed E-state index contributed by atoms with van der Waals surface area (Å²) < 4.78 is 16.6. The standard InChI is InChI=1S/C25H21N3O5S/c1-17(29)28(21-10-4-6-12-23(21)31-2)25-27-18(16-34-25)15-32-24(30)20-9-3-5-11-22(20)33-19-8-7-13-26-14-19/h3-14,16H,15H2,1-2H3. The van der Waals surface area contributed by atoms with E-state index < -0.39 is 5.97 Å². The Labute approximate surface area is 200 Å². The number of methoxy groups -OCH3 is 1. The van der Waals surface area contributed by atoms with Crippen molar-refractivity contribution in [1.29, 1.82) is 0 Å². The molecule has 0 atom stereocenters. The number of amides is 1. The van der Waals surface area contributed by atoms with Crippen LogP contribution in [0.15, 0.2) is 78.4 Å². The Morgan fingerprint density at radius 3 is 2.50 bits per heavy atom. The second-order valence-corrected chi connectivity index (χ2v) is 7.85. The summed E-state index contributed by atoms with van der Waals surface area (Å²) in [6, 6.07) is 17.5. The van der Waals surface area contributed by atoms with Gasteiger partial charge in [0.1, 0.15) is 29.4 Å². The Hall–Kier alpha value is -4.24. The number of benzene rings is 2. The van der Waals surface area contributed by atoms with Gasteiger partial charge in [-0.15, -0.1) is 11.3 Å². The molecule has 4 rings (SSSR count). The van der Waals surface area contributed by atoms with Crippen LogP contribution in [-0.4, -0.2) is 29.0 Å². The van der Waals surface area contributed by atoms with Crippen molar-refractivity contribution in [3.05, 3.63) is 89.7 Å². The predicted molar refractivity (Wildman–Crippen MR) is 128 cm³/mol. The molecule has 9 heteroatoms. The zero-order valence-electron chi connectivity index (χ0n) is 18.5. The fourth-order valence-electron chi connectivity index (χ4n) is 3.16. The molecule has 0 saturated heterocycles. The molecule has 0 N–H and O–H groups in total.